The first-order valence-electron chi connectivity index (χ1n) is 5.48. The van der Waals surface area contributed by atoms with E-state index in [9.17, 15) is 9.18 Å². The quantitative estimate of drug-likeness (QED) is 0.814. The van der Waals surface area contributed by atoms with Crippen molar-refractivity contribution < 1.29 is 13.9 Å². The number of benzene rings is 1. The molecule has 4 heteroatoms. The summed E-state index contributed by atoms with van der Waals surface area (Å²) in [7, 11) is 1.24. The van der Waals surface area contributed by atoms with Crippen LogP contribution in [0.1, 0.15) is 18.1 Å². The Bertz CT molecular complexity index is 406. The van der Waals surface area contributed by atoms with Gasteiger partial charge in [0, 0.05) is 6.54 Å². The van der Waals surface area contributed by atoms with Crippen LogP contribution < -0.4 is 5.73 Å². The van der Waals surface area contributed by atoms with Gasteiger partial charge in [-0.1, -0.05) is 29.8 Å². The smallest absolute Gasteiger partial charge is 0.320 e. The highest BCUT2D eigenvalue weighted by Gasteiger charge is 2.46. The van der Waals surface area contributed by atoms with Crippen molar-refractivity contribution in [2.75, 3.05) is 13.7 Å². The minimum absolute atomic E-state index is 0.124. The highest BCUT2D eigenvalue weighted by atomic mass is 19.1. The van der Waals surface area contributed by atoms with Crippen LogP contribution in [0.3, 0.4) is 0 Å². The number of esters is 1. The summed E-state index contributed by atoms with van der Waals surface area (Å²) in [6.07, 6.45) is -1.42. The molecule has 0 saturated carbocycles. The summed E-state index contributed by atoms with van der Waals surface area (Å²) < 4.78 is 18.6. The number of aryl methyl sites for hydroxylation is 1. The summed E-state index contributed by atoms with van der Waals surface area (Å²) in [5.41, 5.74) is 5.72. The minimum atomic E-state index is -1.42. The average Bonchev–Trinajstić information content (AvgIpc) is 2.30. The predicted octanol–water partition coefficient (Wildman–Crippen LogP) is 1.72. The lowest BCUT2D eigenvalue weighted by Gasteiger charge is -2.31. The zero-order chi connectivity index (χ0) is 13.1. The molecule has 1 aromatic carbocycles. The van der Waals surface area contributed by atoms with E-state index >= 15 is 0 Å². The molecule has 0 aromatic heterocycles. The van der Waals surface area contributed by atoms with E-state index in [0.717, 1.165) is 5.56 Å². The lowest BCUT2D eigenvalue weighted by molar-refractivity contribution is -0.149. The molecule has 0 saturated heterocycles. The summed E-state index contributed by atoms with van der Waals surface area (Å²) in [5.74, 6) is -0.638. The van der Waals surface area contributed by atoms with Crippen LogP contribution in [0.4, 0.5) is 4.39 Å². The molecule has 0 aliphatic carbocycles. The Morgan fingerprint density at radius 1 is 1.59 bits per heavy atom. The van der Waals surface area contributed by atoms with Gasteiger partial charge in [-0.2, -0.15) is 0 Å². The molecule has 0 radical (unpaired) electrons. The van der Waals surface area contributed by atoms with Gasteiger partial charge in [0.2, 0.25) is 0 Å². The fourth-order valence-corrected chi connectivity index (χ4v) is 1.98. The third kappa shape index (κ3) is 2.31. The molecule has 94 valence electrons. The van der Waals surface area contributed by atoms with Crippen LogP contribution in [0.15, 0.2) is 24.3 Å². The molecule has 1 aromatic rings. The number of hydrogen-bond donors (Lipinski definition) is 1. The third-order valence-electron chi connectivity index (χ3n) is 3.08. The van der Waals surface area contributed by atoms with E-state index < -0.39 is 17.6 Å². The summed E-state index contributed by atoms with van der Waals surface area (Å²) in [4.78, 5) is 11.9. The Morgan fingerprint density at radius 3 is 2.65 bits per heavy atom. The number of hydrogen-bond acceptors (Lipinski definition) is 3. The first kappa shape index (κ1) is 13.6. The van der Waals surface area contributed by atoms with E-state index in [0.29, 0.717) is 5.56 Å². The van der Waals surface area contributed by atoms with Crippen LogP contribution in [0.25, 0.3) is 0 Å². The lowest BCUT2D eigenvalue weighted by Crippen LogP contribution is -2.50. The second-order valence-corrected chi connectivity index (χ2v) is 4.15. The maximum Gasteiger partial charge on any atom is 0.320 e. The van der Waals surface area contributed by atoms with Gasteiger partial charge in [0.25, 0.3) is 0 Å². The van der Waals surface area contributed by atoms with E-state index in [1.165, 1.54) is 14.0 Å². The van der Waals surface area contributed by atoms with Gasteiger partial charge >= 0.3 is 5.97 Å². The number of halogens is 1. The van der Waals surface area contributed by atoms with Crippen molar-refractivity contribution in [3.05, 3.63) is 35.4 Å². The van der Waals surface area contributed by atoms with E-state index in [1.807, 2.05) is 13.0 Å². The van der Waals surface area contributed by atoms with Crippen LogP contribution >= 0.6 is 0 Å². The molecule has 2 atom stereocenters. The van der Waals surface area contributed by atoms with Crippen molar-refractivity contribution in [1.29, 1.82) is 0 Å². The third-order valence-corrected chi connectivity index (χ3v) is 3.08. The average molecular weight is 239 g/mol. The fraction of sp³-hybridized carbons (Fsp3) is 0.462. The molecule has 0 bridgehead atoms. The molecule has 17 heavy (non-hydrogen) atoms. The van der Waals surface area contributed by atoms with Crippen molar-refractivity contribution in [3.8, 4) is 0 Å². The number of nitrogens with two attached hydrogens (primary N) is 1. The number of ether oxygens (including phenoxy) is 1. The van der Waals surface area contributed by atoms with Crippen molar-refractivity contribution in [1.82, 2.24) is 0 Å². The molecule has 2 N–H and O–H groups in total. The SMILES string of the molecule is COC(=O)C(CN)(c1cccc(C)c1)C(C)F. The van der Waals surface area contributed by atoms with E-state index in [2.05, 4.69) is 0 Å². The first-order valence-corrected chi connectivity index (χ1v) is 5.48. The zero-order valence-electron chi connectivity index (χ0n) is 10.4. The Labute approximate surface area is 101 Å². The zero-order valence-corrected chi connectivity index (χ0v) is 10.4. The number of carbonyl (C=O) groups excluding carboxylic acids is 1. The van der Waals surface area contributed by atoms with Crippen molar-refractivity contribution in [2.45, 2.75) is 25.4 Å². The number of alkyl halides is 1. The molecule has 0 aliphatic heterocycles. The fourth-order valence-electron chi connectivity index (χ4n) is 1.98. The summed E-state index contributed by atoms with van der Waals surface area (Å²) in [6, 6.07) is 7.12. The predicted molar refractivity (Wildman–Crippen MR) is 64.5 cm³/mol. The summed E-state index contributed by atoms with van der Waals surface area (Å²) >= 11 is 0. The molecule has 0 amide bonds. The number of carbonyl (C=O) groups is 1. The van der Waals surface area contributed by atoms with Crippen LogP contribution in [0.2, 0.25) is 0 Å². The monoisotopic (exact) mass is 239 g/mol. The van der Waals surface area contributed by atoms with Crippen LogP contribution in [0, 0.1) is 6.92 Å². The largest absolute Gasteiger partial charge is 0.468 e. The van der Waals surface area contributed by atoms with Gasteiger partial charge in [0.05, 0.1) is 7.11 Å². The van der Waals surface area contributed by atoms with E-state index in [-0.39, 0.29) is 6.54 Å². The number of rotatable bonds is 4. The minimum Gasteiger partial charge on any atom is -0.468 e. The van der Waals surface area contributed by atoms with Gasteiger partial charge in [0.1, 0.15) is 11.6 Å². The van der Waals surface area contributed by atoms with Gasteiger partial charge in [-0.05, 0) is 19.4 Å². The Kier molecular flexibility index (Phi) is 4.23. The van der Waals surface area contributed by atoms with Gasteiger partial charge in [-0.25, -0.2) is 4.39 Å². The Morgan fingerprint density at radius 2 is 2.24 bits per heavy atom. The molecule has 0 spiro atoms. The molecule has 0 fully saturated rings. The van der Waals surface area contributed by atoms with E-state index in [1.54, 1.807) is 18.2 Å². The molecule has 0 heterocycles. The molecule has 3 nitrogen and oxygen atoms in total. The Balaban J connectivity index is 3.37. The van der Waals surface area contributed by atoms with Crippen LogP contribution in [-0.2, 0) is 14.9 Å². The van der Waals surface area contributed by atoms with Crippen LogP contribution in [-0.4, -0.2) is 25.8 Å². The van der Waals surface area contributed by atoms with Crippen molar-refractivity contribution in [3.63, 3.8) is 0 Å². The van der Waals surface area contributed by atoms with Crippen molar-refractivity contribution in [2.24, 2.45) is 5.73 Å². The number of methoxy groups -OCH3 is 1. The second kappa shape index (κ2) is 5.27. The van der Waals surface area contributed by atoms with Crippen molar-refractivity contribution >= 4 is 5.97 Å². The normalized spacial score (nSPS) is 16.1. The molecular formula is C13H18FNO2. The maximum atomic E-state index is 13.9. The lowest BCUT2D eigenvalue weighted by atomic mass is 9.76. The maximum absolute atomic E-state index is 13.9. The summed E-state index contributed by atoms with van der Waals surface area (Å²) in [6.45, 7) is 3.08. The molecule has 0 aliphatic rings. The second-order valence-electron chi connectivity index (χ2n) is 4.15. The van der Waals surface area contributed by atoms with Crippen LogP contribution in [0.5, 0.6) is 0 Å². The standard InChI is InChI=1S/C13H18FNO2/c1-9-5-4-6-11(7-9)13(8-15,10(2)14)12(16)17-3/h4-7,10H,8,15H2,1-3H3. The highest BCUT2D eigenvalue weighted by molar-refractivity contribution is 5.84. The highest BCUT2D eigenvalue weighted by Crippen LogP contribution is 2.31. The Hall–Kier alpha value is -1.42. The topological polar surface area (TPSA) is 52.3 Å². The van der Waals surface area contributed by atoms with Gasteiger partial charge < -0.3 is 10.5 Å². The molecular weight excluding hydrogens is 221 g/mol. The first-order chi connectivity index (χ1) is 7.98. The molecule has 2 unspecified atom stereocenters. The van der Waals surface area contributed by atoms with Gasteiger partial charge in [-0.15, -0.1) is 0 Å². The summed E-state index contributed by atoms with van der Waals surface area (Å²) in [5, 5.41) is 0. The van der Waals surface area contributed by atoms with E-state index in [4.69, 9.17) is 10.5 Å². The molecule has 1 rings (SSSR count). The van der Waals surface area contributed by atoms with Gasteiger partial charge in [-0.3, -0.25) is 4.79 Å². The van der Waals surface area contributed by atoms with Gasteiger partial charge in [0.15, 0.2) is 0 Å².